The van der Waals surface area contributed by atoms with Gasteiger partial charge >= 0.3 is 0 Å². The topological polar surface area (TPSA) is 69.0 Å². The molecule has 4 rings (SSSR count). The molecule has 6 nitrogen and oxygen atoms in total. The van der Waals surface area contributed by atoms with E-state index in [9.17, 15) is 9.59 Å². The van der Waals surface area contributed by atoms with E-state index in [4.69, 9.17) is 13.9 Å². The van der Waals surface area contributed by atoms with Crippen molar-refractivity contribution in [2.45, 2.75) is 6.04 Å². The fourth-order valence-electron chi connectivity index (χ4n) is 3.57. The van der Waals surface area contributed by atoms with Crippen LogP contribution in [-0.2, 0) is 4.74 Å². The number of halogens is 1. The van der Waals surface area contributed by atoms with Gasteiger partial charge in [-0.2, -0.15) is 0 Å². The zero-order valence-electron chi connectivity index (χ0n) is 15.4. The van der Waals surface area contributed by atoms with Crippen molar-refractivity contribution >= 4 is 32.8 Å². The number of carbonyl (C=O) groups excluding carboxylic acids is 1. The second kappa shape index (κ2) is 7.41. The maximum absolute atomic E-state index is 13.4. The Bertz CT molecular complexity index is 1120. The number of rotatable bonds is 5. The highest BCUT2D eigenvalue weighted by molar-refractivity contribution is 9.10. The first-order chi connectivity index (χ1) is 13.5. The molecule has 1 unspecified atom stereocenters. The minimum atomic E-state index is -0.563. The largest absolute Gasteiger partial charge is 0.497 e. The van der Waals surface area contributed by atoms with Gasteiger partial charge in [-0.1, -0.05) is 28.1 Å². The van der Waals surface area contributed by atoms with Crippen molar-refractivity contribution in [1.29, 1.82) is 0 Å². The van der Waals surface area contributed by atoms with Crippen LogP contribution in [0.2, 0.25) is 0 Å². The van der Waals surface area contributed by atoms with Crippen LogP contribution in [0.1, 0.15) is 27.7 Å². The van der Waals surface area contributed by atoms with E-state index in [1.807, 2.05) is 24.3 Å². The third kappa shape index (κ3) is 3.00. The molecule has 0 radical (unpaired) electrons. The molecule has 1 amide bonds. The molecular formula is C21H18BrNO5. The molecule has 1 aromatic heterocycles. The van der Waals surface area contributed by atoms with Gasteiger partial charge in [-0.05, 0) is 35.9 Å². The maximum atomic E-state index is 13.4. The Hall–Kier alpha value is -2.64. The Morgan fingerprint density at radius 3 is 2.71 bits per heavy atom. The summed E-state index contributed by atoms with van der Waals surface area (Å²) in [5.74, 6) is 0.420. The second-order valence-corrected chi connectivity index (χ2v) is 7.40. The van der Waals surface area contributed by atoms with E-state index < -0.39 is 6.04 Å². The number of carbonyl (C=O) groups is 1. The van der Waals surface area contributed by atoms with Crippen molar-refractivity contribution in [3.8, 4) is 5.75 Å². The summed E-state index contributed by atoms with van der Waals surface area (Å²) in [6.07, 6.45) is 0. The Morgan fingerprint density at radius 2 is 1.96 bits per heavy atom. The van der Waals surface area contributed by atoms with Crippen molar-refractivity contribution in [3.63, 3.8) is 0 Å². The molecule has 0 spiro atoms. The lowest BCUT2D eigenvalue weighted by Gasteiger charge is -2.25. The minimum Gasteiger partial charge on any atom is -0.497 e. The summed E-state index contributed by atoms with van der Waals surface area (Å²) >= 11 is 3.39. The lowest BCUT2D eigenvalue weighted by atomic mass is 9.98. The smallest absolute Gasteiger partial charge is 0.290 e. The standard InChI is InChI=1S/C21H18BrNO5/c1-26-9-8-23-18(12-4-3-5-14(10-12)27-2)17-19(24)15-11-13(22)6-7-16(15)28-20(17)21(23)25/h3-7,10-11,18H,8-9H2,1-2H3. The highest BCUT2D eigenvalue weighted by Crippen LogP contribution is 2.39. The minimum absolute atomic E-state index is 0.0868. The average Bonchev–Trinajstić information content (AvgIpc) is 2.99. The van der Waals surface area contributed by atoms with Gasteiger partial charge in [-0.15, -0.1) is 0 Å². The molecule has 0 N–H and O–H groups in total. The highest BCUT2D eigenvalue weighted by Gasteiger charge is 2.42. The molecule has 28 heavy (non-hydrogen) atoms. The molecule has 2 aromatic carbocycles. The Labute approximate surface area is 169 Å². The Morgan fingerprint density at radius 1 is 1.14 bits per heavy atom. The van der Waals surface area contributed by atoms with Crippen LogP contribution in [0.15, 0.2) is 56.1 Å². The van der Waals surface area contributed by atoms with Crippen LogP contribution in [0.4, 0.5) is 0 Å². The lowest BCUT2D eigenvalue weighted by Crippen LogP contribution is -2.32. The number of fused-ring (bicyclic) bond motifs is 2. The van der Waals surface area contributed by atoms with Gasteiger partial charge in [0.2, 0.25) is 5.76 Å². The number of benzene rings is 2. The average molecular weight is 444 g/mol. The van der Waals surface area contributed by atoms with Crippen LogP contribution in [0.25, 0.3) is 11.0 Å². The fourth-order valence-corrected chi connectivity index (χ4v) is 3.93. The van der Waals surface area contributed by atoms with Gasteiger partial charge in [0.05, 0.1) is 30.7 Å². The van der Waals surface area contributed by atoms with E-state index >= 15 is 0 Å². The zero-order valence-corrected chi connectivity index (χ0v) is 17.0. The maximum Gasteiger partial charge on any atom is 0.290 e. The van der Waals surface area contributed by atoms with Crippen molar-refractivity contribution in [2.24, 2.45) is 0 Å². The van der Waals surface area contributed by atoms with Gasteiger partial charge in [0.25, 0.3) is 5.91 Å². The predicted octanol–water partition coefficient (Wildman–Crippen LogP) is 3.76. The highest BCUT2D eigenvalue weighted by atomic mass is 79.9. The summed E-state index contributed by atoms with van der Waals surface area (Å²) in [7, 11) is 3.15. The van der Waals surface area contributed by atoms with Crippen LogP contribution in [-0.4, -0.2) is 38.2 Å². The van der Waals surface area contributed by atoms with Gasteiger partial charge in [0, 0.05) is 18.1 Å². The van der Waals surface area contributed by atoms with Crippen LogP contribution in [0.5, 0.6) is 5.75 Å². The zero-order chi connectivity index (χ0) is 19.8. The van der Waals surface area contributed by atoms with E-state index in [1.165, 1.54) is 0 Å². The first kappa shape index (κ1) is 18.7. The van der Waals surface area contributed by atoms with Gasteiger partial charge in [-0.25, -0.2) is 0 Å². The monoisotopic (exact) mass is 443 g/mol. The van der Waals surface area contributed by atoms with E-state index in [0.29, 0.717) is 35.4 Å². The summed E-state index contributed by atoms with van der Waals surface area (Å²) in [6, 6.07) is 12.0. The van der Waals surface area contributed by atoms with Crippen molar-refractivity contribution < 1.29 is 18.7 Å². The van der Waals surface area contributed by atoms with Crippen LogP contribution in [0.3, 0.4) is 0 Å². The molecule has 144 valence electrons. The van der Waals surface area contributed by atoms with Crippen LogP contribution >= 0.6 is 15.9 Å². The summed E-state index contributed by atoms with van der Waals surface area (Å²) in [5.41, 5.74) is 1.31. The molecule has 0 saturated heterocycles. The van der Waals surface area contributed by atoms with Gasteiger partial charge < -0.3 is 18.8 Å². The lowest BCUT2D eigenvalue weighted by molar-refractivity contribution is 0.0663. The summed E-state index contributed by atoms with van der Waals surface area (Å²) in [6.45, 7) is 0.681. The third-order valence-corrected chi connectivity index (χ3v) is 5.37. The van der Waals surface area contributed by atoms with Gasteiger partial charge in [0.1, 0.15) is 11.3 Å². The molecule has 3 aromatic rings. The van der Waals surface area contributed by atoms with Crippen molar-refractivity contribution in [2.75, 3.05) is 27.4 Å². The Kier molecular flexibility index (Phi) is 4.95. The molecule has 1 aliphatic rings. The molecule has 1 atom stereocenters. The second-order valence-electron chi connectivity index (χ2n) is 6.48. The SMILES string of the molecule is COCCN1C(=O)c2oc3ccc(Br)cc3c(=O)c2C1c1cccc(OC)c1. The summed E-state index contributed by atoms with van der Waals surface area (Å²) < 4.78 is 17.2. The number of nitrogens with zero attached hydrogens (tertiary/aromatic N) is 1. The number of amides is 1. The molecule has 0 saturated carbocycles. The fraction of sp³-hybridized carbons (Fsp3) is 0.238. The van der Waals surface area contributed by atoms with Crippen molar-refractivity contribution in [1.82, 2.24) is 4.90 Å². The number of hydrogen-bond donors (Lipinski definition) is 0. The summed E-state index contributed by atoms with van der Waals surface area (Å²) in [4.78, 5) is 28.1. The Balaban J connectivity index is 1.97. The van der Waals surface area contributed by atoms with Crippen LogP contribution < -0.4 is 10.2 Å². The normalized spacial score (nSPS) is 15.9. The first-order valence-electron chi connectivity index (χ1n) is 8.75. The summed E-state index contributed by atoms with van der Waals surface area (Å²) in [5, 5.41) is 0.433. The molecule has 0 aliphatic carbocycles. The van der Waals surface area contributed by atoms with E-state index in [0.717, 1.165) is 10.0 Å². The number of methoxy groups -OCH3 is 2. The molecule has 0 bridgehead atoms. The molecule has 1 aliphatic heterocycles. The van der Waals surface area contributed by atoms with E-state index in [-0.39, 0.29) is 17.1 Å². The quantitative estimate of drug-likeness (QED) is 0.600. The predicted molar refractivity (Wildman–Crippen MR) is 108 cm³/mol. The van der Waals surface area contributed by atoms with Crippen molar-refractivity contribution in [3.05, 3.63) is 74.0 Å². The van der Waals surface area contributed by atoms with Crippen LogP contribution in [0, 0.1) is 0 Å². The van der Waals surface area contributed by atoms with Gasteiger partial charge in [0.15, 0.2) is 5.43 Å². The van der Waals surface area contributed by atoms with Gasteiger partial charge in [-0.3, -0.25) is 9.59 Å². The molecule has 2 heterocycles. The number of ether oxygens (including phenoxy) is 2. The van der Waals surface area contributed by atoms with E-state index in [1.54, 1.807) is 37.3 Å². The number of hydrogen-bond acceptors (Lipinski definition) is 5. The molecule has 7 heteroatoms. The van der Waals surface area contributed by atoms with E-state index in [2.05, 4.69) is 15.9 Å². The third-order valence-electron chi connectivity index (χ3n) is 4.87. The molecular weight excluding hydrogens is 426 g/mol. The molecule has 0 fully saturated rings. The first-order valence-corrected chi connectivity index (χ1v) is 9.54.